The molecule has 1 amide bonds. The molecule has 1 aromatic heterocycles. The van der Waals surface area contributed by atoms with Crippen molar-refractivity contribution in [2.75, 3.05) is 13.1 Å². The first-order valence-electron chi connectivity index (χ1n) is 8.25. The number of carbonyl (C=O) groups is 1. The average Bonchev–Trinajstić information content (AvgIpc) is 3.04. The van der Waals surface area contributed by atoms with Crippen molar-refractivity contribution >= 4 is 27.3 Å². The number of amides is 1. The average molecular weight is 314 g/mol. The molecular formula is C18H22N2OS. The van der Waals surface area contributed by atoms with Crippen molar-refractivity contribution in [3.8, 4) is 0 Å². The summed E-state index contributed by atoms with van der Waals surface area (Å²) in [5.41, 5.74) is 0. The molecule has 0 unspecified atom stereocenters. The Hall–Kier alpha value is -1.39. The minimum absolute atomic E-state index is 0.342. The molecule has 116 valence electrons. The Balaban J connectivity index is 1.48. The number of thiophene rings is 1. The second-order valence-electron chi connectivity index (χ2n) is 6.48. The Morgan fingerprint density at radius 2 is 1.95 bits per heavy atom. The fourth-order valence-corrected chi connectivity index (χ4v) is 5.15. The number of hydrogen-bond acceptors (Lipinski definition) is 3. The maximum atomic E-state index is 12.1. The van der Waals surface area contributed by atoms with E-state index < -0.39 is 0 Å². The lowest BCUT2D eigenvalue weighted by Crippen LogP contribution is -2.55. The fourth-order valence-electron chi connectivity index (χ4n) is 4.04. The van der Waals surface area contributed by atoms with Crippen LogP contribution in [0.4, 0.5) is 0 Å². The molecule has 0 N–H and O–H groups in total. The highest BCUT2D eigenvalue weighted by Gasteiger charge is 2.41. The Bertz CT molecular complexity index is 648. The van der Waals surface area contributed by atoms with E-state index in [2.05, 4.69) is 40.1 Å². The summed E-state index contributed by atoms with van der Waals surface area (Å²) in [5.74, 6) is 0.342. The van der Waals surface area contributed by atoms with Crippen LogP contribution in [0.3, 0.4) is 0 Å². The number of fused-ring (bicyclic) bond motifs is 3. The van der Waals surface area contributed by atoms with Gasteiger partial charge in [0.1, 0.15) is 0 Å². The van der Waals surface area contributed by atoms with Crippen molar-refractivity contribution in [3.63, 3.8) is 0 Å². The molecule has 4 heteroatoms. The number of piperazine rings is 1. The van der Waals surface area contributed by atoms with E-state index in [4.69, 9.17) is 0 Å². The molecule has 2 aromatic rings. The third-order valence-electron chi connectivity index (χ3n) is 5.00. The van der Waals surface area contributed by atoms with E-state index in [0.29, 0.717) is 24.4 Å². The van der Waals surface area contributed by atoms with Gasteiger partial charge in [-0.25, -0.2) is 0 Å². The number of likely N-dealkylation sites (tertiary alicyclic amines) is 1. The smallest absolute Gasteiger partial charge is 0.222 e. The van der Waals surface area contributed by atoms with Crippen LogP contribution >= 0.6 is 11.3 Å². The van der Waals surface area contributed by atoms with E-state index in [-0.39, 0.29) is 0 Å². The number of nitrogens with zero attached hydrogens (tertiary/aromatic N) is 2. The van der Waals surface area contributed by atoms with Crippen LogP contribution in [0, 0.1) is 0 Å². The quantitative estimate of drug-likeness (QED) is 0.866. The van der Waals surface area contributed by atoms with Gasteiger partial charge in [0.2, 0.25) is 5.91 Å². The maximum Gasteiger partial charge on any atom is 0.222 e. The van der Waals surface area contributed by atoms with Gasteiger partial charge >= 0.3 is 0 Å². The zero-order valence-corrected chi connectivity index (χ0v) is 13.8. The highest BCUT2D eigenvalue weighted by molar-refractivity contribution is 7.19. The molecule has 0 spiro atoms. The molecule has 0 aliphatic carbocycles. The molecule has 2 aliphatic rings. The van der Waals surface area contributed by atoms with Crippen LogP contribution in [-0.2, 0) is 11.3 Å². The van der Waals surface area contributed by atoms with Crippen LogP contribution in [0.15, 0.2) is 30.3 Å². The molecule has 2 saturated heterocycles. The van der Waals surface area contributed by atoms with Crippen molar-refractivity contribution in [2.45, 2.75) is 44.8 Å². The van der Waals surface area contributed by atoms with E-state index in [9.17, 15) is 4.79 Å². The van der Waals surface area contributed by atoms with E-state index in [1.54, 1.807) is 0 Å². The Labute approximate surface area is 135 Å². The lowest BCUT2D eigenvalue weighted by molar-refractivity contribution is -0.136. The third-order valence-corrected chi connectivity index (χ3v) is 6.11. The van der Waals surface area contributed by atoms with Crippen molar-refractivity contribution < 1.29 is 4.79 Å². The second kappa shape index (κ2) is 5.67. The van der Waals surface area contributed by atoms with Crippen molar-refractivity contribution in [3.05, 3.63) is 35.2 Å². The molecule has 0 saturated carbocycles. The standard InChI is InChI=1S/C18H22N2OS/c1-2-18(21)20-14-7-8-15(20)11-19(10-14)12-16-9-13-5-3-4-6-17(13)22-16/h3-6,9,14-15H,2,7-8,10-12H2,1H3/t14-,15+. The van der Waals surface area contributed by atoms with Crippen LogP contribution in [0.1, 0.15) is 31.1 Å². The van der Waals surface area contributed by atoms with Gasteiger partial charge in [0.05, 0.1) is 0 Å². The van der Waals surface area contributed by atoms with Crippen molar-refractivity contribution in [1.82, 2.24) is 9.80 Å². The Kier molecular flexibility index (Phi) is 3.66. The summed E-state index contributed by atoms with van der Waals surface area (Å²) < 4.78 is 1.38. The summed E-state index contributed by atoms with van der Waals surface area (Å²) in [6.45, 7) is 5.08. The van der Waals surface area contributed by atoms with Gasteiger partial charge in [-0.15, -0.1) is 11.3 Å². The normalized spacial score (nSPS) is 25.0. The van der Waals surface area contributed by atoms with Crippen LogP contribution in [-0.4, -0.2) is 40.9 Å². The van der Waals surface area contributed by atoms with Gasteiger partial charge in [0.25, 0.3) is 0 Å². The summed E-state index contributed by atoms with van der Waals surface area (Å²) >= 11 is 1.90. The van der Waals surface area contributed by atoms with E-state index in [1.165, 1.54) is 27.8 Å². The predicted octanol–water partition coefficient (Wildman–Crippen LogP) is 3.49. The molecule has 2 fully saturated rings. The van der Waals surface area contributed by atoms with Crippen LogP contribution in [0.25, 0.3) is 10.1 Å². The van der Waals surface area contributed by atoms with E-state index >= 15 is 0 Å². The Morgan fingerprint density at radius 1 is 1.23 bits per heavy atom. The molecule has 22 heavy (non-hydrogen) atoms. The molecule has 2 aliphatic heterocycles. The fraction of sp³-hybridized carbons (Fsp3) is 0.500. The first-order valence-corrected chi connectivity index (χ1v) is 9.07. The minimum atomic E-state index is 0.342. The highest BCUT2D eigenvalue weighted by atomic mass is 32.1. The summed E-state index contributed by atoms with van der Waals surface area (Å²) in [7, 11) is 0. The SMILES string of the molecule is CCC(=O)N1[C@@H]2CC[C@H]1CN(Cc1cc3ccccc3s1)C2. The number of rotatable bonds is 3. The summed E-state index contributed by atoms with van der Waals surface area (Å²) in [5, 5.41) is 1.35. The van der Waals surface area contributed by atoms with Gasteiger partial charge in [-0.2, -0.15) is 0 Å². The second-order valence-corrected chi connectivity index (χ2v) is 7.65. The minimum Gasteiger partial charge on any atom is -0.334 e. The molecule has 3 heterocycles. The van der Waals surface area contributed by atoms with Crippen LogP contribution < -0.4 is 0 Å². The van der Waals surface area contributed by atoms with Gasteiger partial charge in [-0.05, 0) is 30.4 Å². The first kappa shape index (κ1) is 14.2. The topological polar surface area (TPSA) is 23.6 Å². The molecule has 0 radical (unpaired) electrons. The van der Waals surface area contributed by atoms with Gasteiger partial charge in [0.15, 0.2) is 0 Å². The predicted molar refractivity (Wildman–Crippen MR) is 91.0 cm³/mol. The van der Waals surface area contributed by atoms with E-state index in [0.717, 1.165) is 19.6 Å². The number of carbonyl (C=O) groups excluding carboxylic acids is 1. The molecule has 2 bridgehead atoms. The van der Waals surface area contributed by atoms with Gasteiger partial charge in [-0.1, -0.05) is 25.1 Å². The summed E-state index contributed by atoms with van der Waals surface area (Å²) in [4.78, 5) is 18.3. The molecule has 2 atom stereocenters. The van der Waals surface area contributed by atoms with Gasteiger partial charge in [-0.3, -0.25) is 9.69 Å². The summed E-state index contributed by atoms with van der Waals surface area (Å²) in [6, 6.07) is 11.8. The van der Waals surface area contributed by atoms with E-state index in [1.807, 2.05) is 18.3 Å². The first-order chi connectivity index (χ1) is 10.7. The Morgan fingerprint density at radius 3 is 2.64 bits per heavy atom. The van der Waals surface area contributed by atoms with Crippen molar-refractivity contribution in [2.24, 2.45) is 0 Å². The molecule has 1 aromatic carbocycles. The molecule has 3 nitrogen and oxygen atoms in total. The highest BCUT2D eigenvalue weighted by Crippen LogP contribution is 2.33. The lowest BCUT2D eigenvalue weighted by Gasteiger charge is -2.41. The number of hydrogen-bond donors (Lipinski definition) is 0. The molecular weight excluding hydrogens is 292 g/mol. The summed E-state index contributed by atoms with van der Waals surface area (Å²) in [6.07, 6.45) is 3.00. The van der Waals surface area contributed by atoms with Crippen LogP contribution in [0.2, 0.25) is 0 Å². The zero-order valence-electron chi connectivity index (χ0n) is 13.0. The monoisotopic (exact) mass is 314 g/mol. The maximum absolute atomic E-state index is 12.1. The van der Waals surface area contributed by atoms with Crippen molar-refractivity contribution in [1.29, 1.82) is 0 Å². The zero-order chi connectivity index (χ0) is 15.1. The largest absolute Gasteiger partial charge is 0.334 e. The van der Waals surface area contributed by atoms with Gasteiger partial charge < -0.3 is 4.90 Å². The van der Waals surface area contributed by atoms with Gasteiger partial charge in [0, 0.05) is 47.7 Å². The number of benzene rings is 1. The third kappa shape index (κ3) is 2.44. The molecule has 4 rings (SSSR count). The lowest BCUT2D eigenvalue weighted by atomic mass is 10.1. The van der Waals surface area contributed by atoms with Crippen LogP contribution in [0.5, 0.6) is 0 Å².